The van der Waals surface area contributed by atoms with E-state index in [9.17, 15) is 0 Å². The van der Waals surface area contributed by atoms with Crippen LogP contribution in [0.25, 0.3) is 6.08 Å². The van der Waals surface area contributed by atoms with Crippen LogP contribution in [-0.2, 0) is 11.3 Å². The third kappa shape index (κ3) is 6.58. The number of halogens is 2. The molecule has 3 aromatic rings. The first-order valence-corrected chi connectivity index (χ1v) is 12.0. The Morgan fingerprint density at radius 3 is 2.69 bits per heavy atom. The number of nitrogen functional groups attached to an aromatic ring is 1. The lowest BCUT2D eigenvalue weighted by Crippen LogP contribution is -2.35. The van der Waals surface area contributed by atoms with Crippen LogP contribution in [0, 0.1) is 5.41 Å². The zero-order valence-electron chi connectivity index (χ0n) is 19.4. The van der Waals surface area contributed by atoms with E-state index in [1.807, 2.05) is 25.1 Å². The van der Waals surface area contributed by atoms with E-state index in [-0.39, 0.29) is 5.71 Å². The van der Waals surface area contributed by atoms with Crippen molar-refractivity contribution in [1.82, 2.24) is 14.9 Å². The van der Waals surface area contributed by atoms with Crippen molar-refractivity contribution in [1.29, 1.82) is 5.41 Å². The summed E-state index contributed by atoms with van der Waals surface area (Å²) in [5, 5.41) is 9.43. The Hall–Kier alpha value is -2.97. The fraction of sp³-hybridized carbons (Fsp3) is 0.269. The van der Waals surface area contributed by atoms with E-state index in [0.29, 0.717) is 32.6 Å². The number of aromatic nitrogens is 2. The molecule has 7 nitrogen and oxygen atoms in total. The molecular formula is C26H27Cl2N5O2. The molecule has 1 saturated heterocycles. The number of morpholine rings is 1. The van der Waals surface area contributed by atoms with Gasteiger partial charge in [-0.3, -0.25) is 14.9 Å². The Morgan fingerprint density at radius 1 is 1.20 bits per heavy atom. The number of ether oxygens (including phenoxy) is 2. The number of rotatable bonds is 8. The van der Waals surface area contributed by atoms with Crippen molar-refractivity contribution < 1.29 is 9.47 Å². The van der Waals surface area contributed by atoms with Gasteiger partial charge in [0.1, 0.15) is 11.9 Å². The van der Waals surface area contributed by atoms with Gasteiger partial charge in [-0.05, 0) is 55.0 Å². The summed E-state index contributed by atoms with van der Waals surface area (Å²) in [6, 6.07) is 9.26. The summed E-state index contributed by atoms with van der Waals surface area (Å²) in [6.45, 7) is 6.08. The molecule has 0 bridgehead atoms. The summed E-state index contributed by atoms with van der Waals surface area (Å²) in [5.74, 6) is 0.550. The largest absolute Gasteiger partial charge is 0.486 e. The van der Waals surface area contributed by atoms with Crippen LogP contribution in [0.1, 0.15) is 35.4 Å². The maximum Gasteiger partial charge on any atom is 0.124 e. The lowest BCUT2D eigenvalue weighted by Gasteiger charge is -2.26. The van der Waals surface area contributed by atoms with Crippen LogP contribution in [0.15, 0.2) is 55.0 Å². The number of allylic oxidation sites excluding steroid dienone is 1. The molecule has 3 N–H and O–H groups in total. The number of nitrogens with zero attached hydrogens (tertiary/aromatic N) is 3. The molecular weight excluding hydrogens is 485 g/mol. The number of hydrogen-bond acceptors (Lipinski definition) is 7. The highest BCUT2D eigenvalue weighted by Gasteiger charge is 2.17. The molecule has 1 fully saturated rings. The summed E-state index contributed by atoms with van der Waals surface area (Å²) >= 11 is 12.5. The highest BCUT2D eigenvalue weighted by molar-refractivity contribution is 6.35. The number of anilines is 1. The number of hydrogen-bond donors (Lipinski definition) is 2. The summed E-state index contributed by atoms with van der Waals surface area (Å²) in [6.07, 6.45) is 7.94. The van der Waals surface area contributed by atoms with Crippen molar-refractivity contribution in [3.8, 4) is 5.75 Å². The van der Waals surface area contributed by atoms with E-state index >= 15 is 0 Å². The number of nitrogens with two attached hydrogens (primary N) is 1. The third-order valence-electron chi connectivity index (χ3n) is 5.70. The van der Waals surface area contributed by atoms with Crippen LogP contribution < -0.4 is 10.5 Å². The van der Waals surface area contributed by atoms with Crippen molar-refractivity contribution >= 4 is 40.7 Å². The zero-order chi connectivity index (χ0) is 24.8. The van der Waals surface area contributed by atoms with Crippen LogP contribution in [0.3, 0.4) is 0 Å². The Balaban J connectivity index is 1.46. The maximum atomic E-state index is 8.57. The van der Waals surface area contributed by atoms with E-state index in [4.69, 9.17) is 43.8 Å². The molecule has 3 heterocycles. The molecule has 0 amide bonds. The van der Waals surface area contributed by atoms with Gasteiger partial charge in [-0.25, -0.2) is 0 Å². The van der Waals surface area contributed by atoms with Crippen molar-refractivity contribution in [3.05, 3.63) is 87.4 Å². The van der Waals surface area contributed by atoms with Crippen LogP contribution >= 0.6 is 23.2 Å². The van der Waals surface area contributed by atoms with Gasteiger partial charge in [-0.1, -0.05) is 23.2 Å². The topological polar surface area (TPSA) is 97.4 Å². The standard InChI is InChI=1S/C26H27Cl2N5O2/c1-17(26-22(27)14-31-15-23(26)28)35-20-3-5-25(30)21(13-20)24(29)4-2-19-12-18(6-7-32-19)16-33-8-10-34-11-9-33/h2-7,12-15,17,29H,8-11,16,30H2,1H3/b4-2+,29-24?. The molecule has 2 aromatic heterocycles. The summed E-state index contributed by atoms with van der Waals surface area (Å²) in [7, 11) is 0. The second-order valence-electron chi connectivity index (χ2n) is 8.25. The number of nitrogens with one attached hydrogen (secondary N) is 1. The molecule has 0 spiro atoms. The van der Waals surface area contributed by atoms with Gasteiger partial charge in [0.05, 0.1) is 34.7 Å². The van der Waals surface area contributed by atoms with Gasteiger partial charge in [0.15, 0.2) is 0 Å². The minimum absolute atomic E-state index is 0.251. The lowest BCUT2D eigenvalue weighted by atomic mass is 10.1. The van der Waals surface area contributed by atoms with Crippen LogP contribution in [-0.4, -0.2) is 46.9 Å². The molecule has 1 atom stereocenters. The van der Waals surface area contributed by atoms with Gasteiger partial charge in [0.2, 0.25) is 0 Å². The molecule has 1 unspecified atom stereocenters. The average Bonchev–Trinajstić information content (AvgIpc) is 2.84. The average molecular weight is 512 g/mol. The van der Waals surface area contributed by atoms with Crippen molar-refractivity contribution in [3.63, 3.8) is 0 Å². The van der Waals surface area contributed by atoms with Gasteiger partial charge in [-0.15, -0.1) is 0 Å². The van der Waals surface area contributed by atoms with Crippen molar-refractivity contribution in [2.24, 2.45) is 0 Å². The van der Waals surface area contributed by atoms with E-state index in [2.05, 4.69) is 14.9 Å². The zero-order valence-corrected chi connectivity index (χ0v) is 20.9. The predicted molar refractivity (Wildman–Crippen MR) is 140 cm³/mol. The minimum Gasteiger partial charge on any atom is -0.486 e. The first-order valence-electron chi connectivity index (χ1n) is 11.3. The highest BCUT2D eigenvalue weighted by atomic mass is 35.5. The summed E-state index contributed by atoms with van der Waals surface area (Å²) in [5.41, 5.74) is 10.1. The third-order valence-corrected chi connectivity index (χ3v) is 6.30. The van der Waals surface area contributed by atoms with Crippen LogP contribution in [0.5, 0.6) is 5.75 Å². The quantitative estimate of drug-likeness (QED) is 0.309. The molecule has 0 saturated carbocycles. The molecule has 0 radical (unpaired) electrons. The first-order chi connectivity index (χ1) is 16.9. The Labute approximate surface area is 215 Å². The summed E-state index contributed by atoms with van der Waals surface area (Å²) in [4.78, 5) is 10.7. The molecule has 0 aliphatic carbocycles. The van der Waals surface area contributed by atoms with Crippen LogP contribution in [0.2, 0.25) is 10.0 Å². The SMILES string of the molecule is CC(Oc1ccc(N)c(C(=N)/C=C/c2cc(CN3CCOCC3)ccn2)c1)c1c(Cl)cncc1Cl. The maximum absolute atomic E-state index is 8.57. The van der Waals surface area contributed by atoms with Gasteiger partial charge >= 0.3 is 0 Å². The molecule has 1 aromatic carbocycles. The van der Waals surface area contributed by atoms with Crippen LogP contribution in [0.4, 0.5) is 5.69 Å². The van der Waals surface area contributed by atoms with Gasteiger partial charge in [0.25, 0.3) is 0 Å². The van der Waals surface area contributed by atoms with Crippen molar-refractivity contribution in [2.45, 2.75) is 19.6 Å². The Kier molecular flexibility index (Phi) is 8.36. The van der Waals surface area contributed by atoms with E-state index in [0.717, 1.165) is 38.5 Å². The fourth-order valence-electron chi connectivity index (χ4n) is 3.87. The fourth-order valence-corrected chi connectivity index (χ4v) is 4.55. The number of benzene rings is 1. The molecule has 1 aliphatic rings. The molecule has 4 rings (SSSR count). The van der Waals surface area contributed by atoms with Gasteiger partial charge in [-0.2, -0.15) is 0 Å². The second-order valence-corrected chi connectivity index (χ2v) is 9.06. The smallest absolute Gasteiger partial charge is 0.124 e. The lowest BCUT2D eigenvalue weighted by molar-refractivity contribution is 0.0342. The van der Waals surface area contributed by atoms with Crippen molar-refractivity contribution in [2.75, 3.05) is 32.0 Å². The molecule has 182 valence electrons. The number of pyridine rings is 2. The molecule has 9 heteroatoms. The van der Waals surface area contributed by atoms with E-state index in [1.165, 1.54) is 18.0 Å². The van der Waals surface area contributed by atoms with E-state index in [1.54, 1.807) is 30.5 Å². The second kappa shape index (κ2) is 11.6. The first kappa shape index (κ1) is 25.1. The Morgan fingerprint density at radius 2 is 1.94 bits per heavy atom. The normalized spacial score (nSPS) is 15.3. The predicted octanol–water partition coefficient (Wildman–Crippen LogP) is 5.42. The van der Waals surface area contributed by atoms with Gasteiger partial charge in [0, 0.05) is 55.0 Å². The highest BCUT2D eigenvalue weighted by Crippen LogP contribution is 2.33. The minimum atomic E-state index is -0.419. The Bertz CT molecular complexity index is 1210. The summed E-state index contributed by atoms with van der Waals surface area (Å²) < 4.78 is 11.5. The molecule has 1 aliphatic heterocycles. The van der Waals surface area contributed by atoms with Gasteiger partial charge < -0.3 is 20.6 Å². The molecule has 35 heavy (non-hydrogen) atoms. The van der Waals surface area contributed by atoms with E-state index < -0.39 is 6.10 Å². The monoisotopic (exact) mass is 511 g/mol.